The lowest BCUT2D eigenvalue weighted by Crippen LogP contribution is -2.24. The molecule has 3 aromatic rings. The Hall–Kier alpha value is -2.31. The maximum atomic E-state index is 4.45. The molecule has 0 aromatic carbocycles. The van der Waals surface area contributed by atoms with E-state index < -0.39 is 0 Å². The molecule has 0 N–H and O–H groups in total. The summed E-state index contributed by atoms with van der Waals surface area (Å²) in [5, 5.41) is 16.9. The first-order valence-corrected chi connectivity index (χ1v) is 5.93. The highest BCUT2D eigenvalue weighted by Gasteiger charge is 2.15. The van der Waals surface area contributed by atoms with Crippen LogP contribution in [0.15, 0.2) is 18.3 Å². The predicted octanol–water partition coefficient (Wildman–Crippen LogP) is 0.914. The summed E-state index contributed by atoms with van der Waals surface area (Å²) in [6.45, 7) is 5.90. The number of nitrogens with zero attached hydrogens (tertiary/aromatic N) is 7. The van der Waals surface area contributed by atoms with Crippen LogP contribution in [0.5, 0.6) is 0 Å². The van der Waals surface area contributed by atoms with Gasteiger partial charge in [-0.1, -0.05) is 0 Å². The summed E-state index contributed by atoms with van der Waals surface area (Å²) < 4.78 is 1.46. The molecule has 0 aliphatic rings. The van der Waals surface area contributed by atoms with Crippen LogP contribution in [0.4, 0.5) is 5.82 Å². The molecule has 0 saturated heterocycles. The number of fused-ring (bicyclic) bond motifs is 3. The fourth-order valence-corrected chi connectivity index (χ4v) is 2.05. The quantitative estimate of drug-likeness (QED) is 0.681. The van der Waals surface area contributed by atoms with E-state index in [1.807, 2.05) is 12.1 Å². The molecule has 92 valence electrons. The lowest BCUT2D eigenvalue weighted by Gasteiger charge is -2.20. The van der Waals surface area contributed by atoms with Crippen molar-refractivity contribution >= 4 is 22.4 Å². The normalized spacial score (nSPS) is 11.2. The Morgan fingerprint density at radius 3 is 2.89 bits per heavy atom. The molecule has 0 aliphatic carbocycles. The highest BCUT2D eigenvalue weighted by molar-refractivity contribution is 5.96. The van der Waals surface area contributed by atoms with Crippen molar-refractivity contribution < 1.29 is 0 Å². The SMILES string of the molecule is CCN(CC)c1nn2nnnc2c2cccnc12. The van der Waals surface area contributed by atoms with E-state index in [1.165, 1.54) is 4.63 Å². The number of pyridine rings is 1. The summed E-state index contributed by atoms with van der Waals surface area (Å²) in [6.07, 6.45) is 1.76. The van der Waals surface area contributed by atoms with Gasteiger partial charge in [0.1, 0.15) is 5.52 Å². The van der Waals surface area contributed by atoms with Crippen molar-refractivity contribution in [1.29, 1.82) is 0 Å². The van der Waals surface area contributed by atoms with Crippen LogP contribution in [0, 0.1) is 0 Å². The first-order valence-electron chi connectivity index (χ1n) is 5.93. The highest BCUT2D eigenvalue weighted by atomic mass is 15.6. The van der Waals surface area contributed by atoms with Crippen LogP contribution in [0.2, 0.25) is 0 Å². The van der Waals surface area contributed by atoms with Gasteiger partial charge in [0.05, 0.1) is 5.39 Å². The second-order valence-electron chi connectivity index (χ2n) is 3.89. The molecule has 3 aromatic heterocycles. The molecule has 3 rings (SSSR count). The Labute approximate surface area is 103 Å². The second-order valence-corrected chi connectivity index (χ2v) is 3.89. The number of aromatic nitrogens is 6. The first-order chi connectivity index (χ1) is 8.85. The Bertz CT molecular complexity index is 686. The lowest BCUT2D eigenvalue weighted by molar-refractivity contribution is 0.718. The van der Waals surface area contributed by atoms with E-state index in [9.17, 15) is 0 Å². The third-order valence-corrected chi connectivity index (χ3v) is 2.97. The van der Waals surface area contributed by atoms with Crippen molar-refractivity contribution in [3.63, 3.8) is 0 Å². The van der Waals surface area contributed by atoms with Crippen molar-refractivity contribution in [3.8, 4) is 0 Å². The molecule has 0 unspecified atom stereocenters. The minimum Gasteiger partial charge on any atom is -0.354 e. The Morgan fingerprint density at radius 1 is 1.28 bits per heavy atom. The predicted molar refractivity (Wildman–Crippen MR) is 67.4 cm³/mol. The first kappa shape index (κ1) is 10.8. The summed E-state index contributed by atoms with van der Waals surface area (Å²) in [6, 6.07) is 3.84. The second kappa shape index (κ2) is 4.17. The molecule has 0 radical (unpaired) electrons. The number of hydrogen-bond acceptors (Lipinski definition) is 6. The van der Waals surface area contributed by atoms with E-state index in [4.69, 9.17) is 0 Å². The number of rotatable bonds is 3. The molecule has 0 atom stereocenters. The van der Waals surface area contributed by atoms with Gasteiger partial charge in [0.2, 0.25) is 5.65 Å². The van der Waals surface area contributed by atoms with Gasteiger partial charge in [-0.05, 0) is 36.4 Å². The smallest absolute Gasteiger partial charge is 0.209 e. The average molecular weight is 243 g/mol. The standard InChI is InChI=1S/C11H13N7/c1-3-17(4-2)11-9-8(6-5-7-12-9)10-13-15-16-18(10)14-11/h5-7H,3-4H2,1-2H3. The molecule has 0 fully saturated rings. The van der Waals surface area contributed by atoms with Crippen LogP contribution in [-0.2, 0) is 0 Å². The monoisotopic (exact) mass is 243 g/mol. The molecule has 0 spiro atoms. The molecule has 7 heteroatoms. The summed E-state index contributed by atoms with van der Waals surface area (Å²) in [7, 11) is 0. The Balaban J connectivity index is 2.40. The van der Waals surface area contributed by atoms with E-state index in [0.29, 0.717) is 5.65 Å². The molecule has 18 heavy (non-hydrogen) atoms. The number of hydrogen-bond donors (Lipinski definition) is 0. The van der Waals surface area contributed by atoms with Crippen molar-refractivity contribution in [1.82, 2.24) is 30.2 Å². The third-order valence-electron chi connectivity index (χ3n) is 2.97. The van der Waals surface area contributed by atoms with Gasteiger partial charge >= 0.3 is 0 Å². The average Bonchev–Trinajstić information content (AvgIpc) is 2.88. The fourth-order valence-electron chi connectivity index (χ4n) is 2.05. The van der Waals surface area contributed by atoms with Gasteiger partial charge in [-0.25, -0.2) is 0 Å². The fraction of sp³-hybridized carbons (Fsp3) is 0.364. The zero-order valence-electron chi connectivity index (χ0n) is 10.3. The van der Waals surface area contributed by atoms with Gasteiger partial charge < -0.3 is 4.90 Å². The topological polar surface area (TPSA) is 72.1 Å². The van der Waals surface area contributed by atoms with E-state index in [1.54, 1.807) is 6.20 Å². The van der Waals surface area contributed by atoms with Gasteiger partial charge in [-0.2, -0.15) is 0 Å². The minimum absolute atomic E-state index is 0.633. The van der Waals surface area contributed by atoms with Crippen molar-refractivity contribution in [2.24, 2.45) is 0 Å². The van der Waals surface area contributed by atoms with Gasteiger partial charge in [0.15, 0.2) is 5.82 Å². The molecular formula is C11H13N7. The summed E-state index contributed by atoms with van der Waals surface area (Å²) in [4.78, 5) is 6.55. The highest BCUT2D eigenvalue weighted by Crippen LogP contribution is 2.23. The number of anilines is 1. The van der Waals surface area contributed by atoms with Crippen molar-refractivity contribution in [2.45, 2.75) is 13.8 Å². The van der Waals surface area contributed by atoms with E-state index in [-0.39, 0.29) is 0 Å². The van der Waals surface area contributed by atoms with Crippen molar-refractivity contribution in [3.05, 3.63) is 18.3 Å². The van der Waals surface area contributed by atoms with E-state index >= 15 is 0 Å². The van der Waals surface area contributed by atoms with Gasteiger partial charge in [-0.15, -0.1) is 14.8 Å². The van der Waals surface area contributed by atoms with Crippen molar-refractivity contribution in [2.75, 3.05) is 18.0 Å². The largest absolute Gasteiger partial charge is 0.354 e. The minimum atomic E-state index is 0.633. The van der Waals surface area contributed by atoms with Crippen LogP contribution in [0.25, 0.3) is 16.6 Å². The number of tetrazole rings is 1. The summed E-state index contributed by atoms with van der Waals surface area (Å²) in [5.74, 6) is 0.815. The molecule has 3 heterocycles. The third kappa shape index (κ3) is 1.47. The van der Waals surface area contributed by atoms with E-state index in [0.717, 1.165) is 29.8 Å². The van der Waals surface area contributed by atoms with Gasteiger partial charge in [0, 0.05) is 19.3 Å². The molecule has 0 saturated carbocycles. The van der Waals surface area contributed by atoms with Crippen LogP contribution in [-0.4, -0.2) is 43.3 Å². The van der Waals surface area contributed by atoms with Crippen LogP contribution in [0.1, 0.15) is 13.8 Å². The van der Waals surface area contributed by atoms with Crippen LogP contribution in [0.3, 0.4) is 0 Å². The summed E-state index contributed by atoms with van der Waals surface area (Å²) >= 11 is 0. The van der Waals surface area contributed by atoms with Gasteiger partial charge in [0.25, 0.3) is 0 Å². The lowest BCUT2D eigenvalue weighted by atomic mass is 10.2. The summed E-state index contributed by atoms with van der Waals surface area (Å²) in [5.41, 5.74) is 1.47. The van der Waals surface area contributed by atoms with E-state index in [2.05, 4.69) is 44.4 Å². The Kier molecular flexibility index (Phi) is 2.51. The molecule has 0 bridgehead atoms. The molecule has 0 amide bonds. The maximum Gasteiger partial charge on any atom is 0.209 e. The molecule has 7 nitrogen and oxygen atoms in total. The van der Waals surface area contributed by atoms with Crippen LogP contribution >= 0.6 is 0 Å². The zero-order chi connectivity index (χ0) is 12.5. The Morgan fingerprint density at radius 2 is 2.11 bits per heavy atom. The van der Waals surface area contributed by atoms with Crippen LogP contribution < -0.4 is 4.90 Å². The maximum absolute atomic E-state index is 4.45. The molecule has 0 aliphatic heterocycles. The van der Waals surface area contributed by atoms with Gasteiger partial charge in [-0.3, -0.25) is 4.98 Å². The zero-order valence-corrected chi connectivity index (χ0v) is 10.3. The molecular weight excluding hydrogens is 230 g/mol.